The number of ether oxygens (including phenoxy) is 2. The second-order valence-electron chi connectivity index (χ2n) is 8.77. The molecule has 2 N–H and O–H groups in total. The average molecular weight is 480 g/mol. The molecule has 3 aromatic rings. The molecule has 34 heavy (non-hydrogen) atoms. The molecule has 1 aliphatic carbocycles. The minimum atomic E-state index is -0.909. The van der Waals surface area contributed by atoms with Crippen molar-refractivity contribution in [3.8, 4) is 32.4 Å². The van der Waals surface area contributed by atoms with Crippen LogP contribution >= 0.6 is 11.3 Å². The fourth-order valence-corrected chi connectivity index (χ4v) is 5.53. The maximum atomic E-state index is 11.3. The molecule has 0 radical (unpaired) electrons. The molecule has 1 saturated carbocycles. The van der Waals surface area contributed by atoms with Gasteiger partial charge in [-0.05, 0) is 91.7 Å². The number of methoxy groups -OCH3 is 1. The molecule has 5 nitrogen and oxygen atoms in total. The van der Waals surface area contributed by atoms with Crippen LogP contribution in [-0.4, -0.2) is 30.8 Å². The summed E-state index contributed by atoms with van der Waals surface area (Å²) in [6, 6.07) is 15.5. The first-order valence-corrected chi connectivity index (χ1v) is 12.9. The van der Waals surface area contributed by atoms with Gasteiger partial charge in [0.15, 0.2) is 11.5 Å². The Morgan fingerprint density at radius 1 is 1.06 bits per heavy atom. The predicted octanol–water partition coefficient (Wildman–Crippen LogP) is 7.00. The minimum absolute atomic E-state index is 0.258. The molecule has 0 spiro atoms. The van der Waals surface area contributed by atoms with Crippen molar-refractivity contribution >= 4 is 17.3 Å². The van der Waals surface area contributed by atoms with Crippen LogP contribution in [0.3, 0.4) is 0 Å². The smallest absolute Gasteiger partial charge is 0.335 e. The highest BCUT2D eigenvalue weighted by Crippen LogP contribution is 2.41. The van der Waals surface area contributed by atoms with E-state index in [4.69, 9.17) is 9.47 Å². The number of hydrogen-bond donors (Lipinski definition) is 2. The first kappa shape index (κ1) is 24.3. The Hall–Kier alpha value is -2.83. The molecule has 1 heterocycles. The summed E-state index contributed by atoms with van der Waals surface area (Å²) in [6.45, 7) is 3.93. The van der Waals surface area contributed by atoms with E-state index >= 15 is 0 Å². The normalized spacial score (nSPS) is 13.8. The van der Waals surface area contributed by atoms with Crippen LogP contribution in [0.1, 0.15) is 61.4 Å². The van der Waals surface area contributed by atoms with Gasteiger partial charge in [0.25, 0.3) is 0 Å². The third kappa shape index (κ3) is 5.80. The summed E-state index contributed by atoms with van der Waals surface area (Å²) < 4.78 is 11.9. The number of thiophene rings is 1. The molecule has 0 unspecified atom stereocenters. The number of nitrogens with one attached hydrogen (secondary N) is 1. The van der Waals surface area contributed by atoms with Crippen molar-refractivity contribution in [2.45, 2.75) is 58.1 Å². The van der Waals surface area contributed by atoms with Gasteiger partial charge in [-0.2, -0.15) is 0 Å². The molecule has 0 aliphatic heterocycles. The summed E-state index contributed by atoms with van der Waals surface area (Å²) in [6.07, 6.45) is 7.18. The van der Waals surface area contributed by atoms with Crippen molar-refractivity contribution in [2.24, 2.45) is 0 Å². The number of carbonyl (C=O) groups is 1. The molecular formula is C28H33NO4S. The maximum Gasteiger partial charge on any atom is 0.335 e. The second kappa shape index (κ2) is 11.5. The van der Waals surface area contributed by atoms with Crippen LogP contribution in [0.4, 0.5) is 0 Å². The van der Waals surface area contributed by atoms with Gasteiger partial charge in [0.05, 0.1) is 18.8 Å². The second-order valence-corrected chi connectivity index (χ2v) is 9.82. The van der Waals surface area contributed by atoms with Gasteiger partial charge in [-0.1, -0.05) is 25.5 Å². The van der Waals surface area contributed by atoms with Crippen molar-refractivity contribution in [2.75, 3.05) is 13.7 Å². The van der Waals surface area contributed by atoms with E-state index in [0.29, 0.717) is 5.56 Å². The lowest BCUT2D eigenvalue weighted by atomic mass is 10.1. The Bertz CT molecular complexity index is 1100. The Morgan fingerprint density at radius 3 is 2.47 bits per heavy atom. The first-order chi connectivity index (χ1) is 16.6. The molecule has 2 aromatic carbocycles. The fourth-order valence-electron chi connectivity index (χ4n) is 4.34. The average Bonchev–Trinajstić information content (AvgIpc) is 3.52. The first-order valence-electron chi connectivity index (χ1n) is 12.1. The molecule has 6 heteroatoms. The van der Waals surface area contributed by atoms with E-state index in [-0.39, 0.29) is 6.10 Å². The Balaban J connectivity index is 1.66. The van der Waals surface area contributed by atoms with Crippen molar-refractivity contribution in [1.82, 2.24) is 5.32 Å². The van der Waals surface area contributed by atoms with Crippen LogP contribution in [0.2, 0.25) is 0 Å². The summed E-state index contributed by atoms with van der Waals surface area (Å²) >= 11 is 1.72. The highest BCUT2D eigenvalue weighted by Gasteiger charge is 2.20. The van der Waals surface area contributed by atoms with Gasteiger partial charge in [0.1, 0.15) is 0 Å². The number of rotatable bonds is 11. The molecule has 0 bridgehead atoms. The van der Waals surface area contributed by atoms with Gasteiger partial charge in [-0.3, -0.25) is 0 Å². The zero-order chi connectivity index (χ0) is 23.9. The predicted molar refractivity (Wildman–Crippen MR) is 138 cm³/mol. The number of carboxylic acid groups (broad SMARTS) is 1. The Kier molecular flexibility index (Phi) is 8.25. The van der Waals surface area contributed by atoms with Gasteiger partial charge in [0, 0.05) is 16.3 Å². The van der Waals surface area contributed by atoms with E-state index in [1.807, 2.05) is 18.2 Å². The Labute approximate surface area is 205 Å². The van der Waals surface area contributed by atoms with Crippen molar-refractivity contribution in [3.63, 3.8) is 0 Å². The molecular weight excluding hydrogens is 446 g/mol. The van der Waals surface area contributed by atoms with Crippen LogP contribution < -0.4 is 14.8 Å². The van der Waals surface area contributed by atoms with E-state index < -0.39 is 5.97 Å². The van der Waals surface area contributed by atoms with Gasteiger partial charge >= 0.3 is 5.97 Å². The van der Waals surface area contributed by atoms with Crippen LogP contribution in [-0.2, 0) is 6.54 Å². The molecule has 0 atom stereocenters. The molecule has 1 fully saturated rings. The molecule has 0 saturated heterocycles. The van der Waals surface area contributed by atoms with E-state index in [1.54, 1.807) is 30.6 Å². The summed E-state index contributed by atoms with van der Waals surface area (Å²) in [5.41, 5.74) is 3.65. The van der Waals surface area contributed by atoms with Gasteiger partial charge in [-0.25, -0.2) is 4.79 Å². The minimum Gasteiger partial charge on any atom is -0.493 e. The largest absolute Gasteiger partial charge is 0.493 e. The molecule has 0 amide bonds. The van der Waals surface area contributed by atoms with Crippen LogP contribution in [0.25, 0.3) is 20.9 Å². The van der Waals surface area contributed by atoms with E-state index in [0.717, 1.165) is 71.2 Å². The third-order valence-corrected chi connectivity index (χ3v) is 7.55. The SMILES string of the molecule is CCCCNCc1cc(-c2ccc(OC)c(OC3CCCC3)c2)sc1-c1ccc(C(=O)O)cc1. The van der Waals surface area contributed by atoms with Crippen molar-refractivity contribution in [3.05, 3.63) is 59.7 Å². The summed E-state index contributed by atoms with van der Waals surface area (Å²) in [5, 5.41) is 12.8. The maximum absolute atomic E-state index is 11.3. The monoisotopic (exact) mass is 479 g/mol. The molecule has 1 aromatic heterocycles. The van der Waals surface area contributed by atoms with Crippen LogP contribution in [0, 0.1) is 0 Å². The summed E-state index contributed by atoms with van der Waals surface area (Å²) in [5.74, 6) is 0.654. The number of aromatic carboxylic acids is 1. The lowest BCUT2D eigenvalue weighted by Gasteiger charge is -2.16. The quantitative estimate of drug-likeness (QED) is 0.290. The van der Waals surface area contributed by atoms with Gasteiger partial charge in [0.2, 0.25) is 0 Å². The van der Waals surface area contributed by atoms with E-state index in [1.165, 1.54) is 18.4 Å². The van der Waals surface area contributed by atoms with Crippen LogP contribution in [0.5, 0.6) is 11.5 Å². The van der Waals surface area contributed by atoms with Crippen molar-refractivity contribution < 1.29 is 19.4 Å². The highest BCUT2D eigenvalue weighted by atomic mass is 32.1. The third-order valence-electron chi connectivity index (χ3n) is 6.27. The zero-order valence-electron chi connectivity index (χ0n) is 19.9. The fraction of sp³-hybridized carbons (Fsp3) is 0.393. The molecule has 1 aliphatic rings. The number of carboxylic acids is 1. The number of hydrogen-bond acceptors (Lipinski definition) is 5. The Morgan fingerprint density at radius 2 is 1.79 bits per heavy atom. The number of benzene rings is 2. The molecule has 4 rings (SSSR count). The van der Waals surface area contributed by atoms with Gasteiger partial charge in [-0.15, -0.1) is 11.3 Å². The zero-order valence-corrected chi connectivity index (χ0v) is 20.7. The lowest BCUT2D eigenvalue weighted by molar-refractivity contribution is 0.0697. The lowest BCUT2D eigenvalue weighted by Crippen LogP contribution is -2.14. The number of unbranched alkanes of at least 4 members (excludes halogenated alkanes) is 1. The standard InChI is InChI=1S/C28H33NO4S/c1-3-4-15-29-18-22-17-26(34-27(22)19-9-11-20(12-10-19)28(30)31)21-13-14-24(32-2)25(16-21)33-23-7-5-6-8-23/h9-14,16-17,23,29H,3-8,15,18H2,1-2H3,(H,30,31). The van der Waals surface area contributed by atoms with E-state index in [2.05, 4.69) is 30.4 Å². The molecule has 180 valence electrons. The van der Waals surface area contributed by atoms with Gasteiger partial charge < -0.3 is 19.9 Å². The van der Waals surface area contributed by atoms with Crippen molar-refractivity contribution in [1.29, 1.82) is 0 Å². The summed E-state index contributed by atoms with van der Waals surface area (Å²) in [4.78, 5) is 13.6. The summed E-state index contributed by atoms with van der Waals surface area (Å²) in [7, 11) is 1.68. The highest BCUT2D eigenvalue weighted by molar-refractivity contribution is 7.19. The topological polar surface area (TPSA) is 67.8 Å². The van der Waals surface area contributed by atoms with E-state index in [9.17, 15) is 9.90 Å². The van der Waals surface area contributed by atoms with Crippen LogP contribution in [0.15, 0.2) is 48.5 Å².